The average Bonchev–Trinajstić information content (AvgIpc) is 2.64. The molecule has 0 aliphatic carbocycles. The number of benzene rings is 1. The molecule has 0 bridgehead atoms. The predicted molar refractivity (Wildman–Crippen MR) is 71.7 cm³/mol. The molecule has 0 radical (unpaired) electrons. The fourth-order valence-electron chi connectivity index (χ4n) is 1.62. The van der Waals surface area contributed by atoms with Gasteiger partial charge in [-0.25, -0.2) is 0 Å². The molecular formula is C13H15BrN2O. The van der Waals surface area contributed by atoms with Gasteiger partial charge in [0.1, 0.15) is 0 Å². The number of hydrogen-bond donors (Lipinski definition) is 1. The normalized spacial score (nSPS) is 11.8. The van der Waals surface area contributed by atoms with Crippen LogP contribution in [0.25, 0.3) is 11.3 Å². The monoisotopic (exact) mass is 294 g/mol. The van der Waals surface area contributed by atoms with Crippen LogP contribution in [0.4, 0.5) is 0 Å². The van der Waals surface area contributed by atoms with E-state index in [2.05, 4.69) is 21.0 Å². The molecule has 4 heteroatoms. The van der Waals surface area contributed by atoms with Crippen LogP contribution in [0.1, 0.15) is 13.8 Å². The van der Waals surface area contributed by atoms with E-state index in [1.54, 1.807) is 18.5 Å². The van der Waals surface area contributed by atoms with Gasteiger partial charge in [0.25, 0.3) is 0 Å². The van der Waals surface area contributed by atoms with Crippen molar-refractivity contribution in [2.45, 2.75) is 26.0 Å². The molecule has 0 aliphatic rings. The summed E-state index contributed by atoms with van der Waals surface area (Å²) in [5.74, 6) is 0. The van der Waals surface area contributed by atoms with Gasteiger partial charge in [-0.3, -0.25) is 4.68 Å². The smallest absolute Gasteiger partial charge is 0.0923 e. The van der Waals surface area contributed by atoms with Crippen molar-refractivity contribution in [1.82, 2.24) is 9.78 Å². The van der Waals surface area contributed by atoms with E-state index in [1.165, 1.54) is 0 Å². The van der Waals surface area contributed by atoms with Gasteiger partial charge >= 0.3 is 0 Å². The largest absolute Gasteiger partial charge is 0.389 e. The van der Waals surface area contributed by atoms with Crippen LogP contribution in [0.3, 0.4) is 0 Å². The third-order valence-electron chi connectivity index (χ3n) is 2.33. The zero-order chi connectivity index (χ0) is 12.5. The maximum atomic E-state index is 9.72. The number of halogens is 1. The predicted octanol–water partition coefficient (Wildman–Crippen LogP) is 3.08. The average molecular weight is 295 g/mol. The molecule has 0 atom stereocenters. The van der Waals surface area contributed by atoms with Crippen molar-refractivity contribution >= 4 is 15.9 Å². The summed E-state index contributed by atoms with van der Waals surface area (Å²) in [5, 5.41) is 14.2. The van der Waals surface area contributed by atoms with Gasteiger partial charge in [-0.2, -0.15) is 5.10 Å². The molecule has 1 heterocycles. The minimum Gasteiger partial charge on any atom is -0.389 e. The first-order valence-electron chi connectivity index (χ1n) is 5.46. The van der Waals surface area contributed by atoms with Crippen LogP contribution < -0.4 is 0 Å². The van der Waals surface area contributed by atoms with Crippen molar-refractivity contribution in [1.29, 1.82) is 0 Å². The van der Waals surface area contributed by atoms with Crippen molar-refractivity contribution in [3.8, 4) is 11.3 Å². The molecule has 2 aromatic rings. The zero-order valence-electron chi connectivity index (χ0n) is 9.89. The van der Waals surface area contributed by atoms with Crippen molar-refractivity contribution in [2.24, 2.45) is 0 Å². The molecule has 1 aromatic heterocycles. The molecule has 17 heavy (non-hydrogen) atoms. The third-order valence-corrected chi connectivity index (χ3v) is 2.86. The second-order valence-corrected chi connectivity index (χ2v) is 5.63. The Kier molecular flexibility index (Phi) is 3.35. The van der Waals surface area contributed by atoms with Crippen LogP contribution in [0.5, 0.6) is 0 Å². The second kappa shape index (κ2) is 4.63. The van der Waals surface area contributed by atoms with E-state index < -0.39 is 5.60 Å². The molecular weight excluding hydrogens is 280 g/mol. The minimum absolute atomic E-state index is 0.490. The maximum Gasteiger partial charge on any atom is 0.0923 e. The summed E-state index contributed by atoms with van der Waals surface area (Å²) < 4.78 is 2.81. The highest BCUT2D eigenvalue weighted by atomic mass is 79.9. The van der Waals surface area contributed by atoms with Crippen LogP contribution >= 0.6 is 15.9 Å². The number of aliphatic hydroxyl groups is 1. The fourth-order valence-corrected chi connectivity index (χ4v) is 1.89. The van der Waals surface area contributed by atoms with Crippen molar-refractivity contribution in [2.75, 3.05) is 0 Å². The summed E-state index contributed by atoms with van der Waals surface area (Å²) in [6.45, 7) is 4.03. The quantitative estimate of drug-likeness (QED) is 0.945. The molecule has 90 valence electrons. The highest BCUT2D eigenvalue weighted by Gasteiger charge is 2.14. The first-order valence-corrected chi connectivity index (χ1v) is 6.25. The molecule has 0 amide bonds. The van der Waals surface area contributed by atoms with Gasteiger partial charge in [0, 0.05) is 16.2 Å². The van der Waals surface area contributed by atoms with Crippen LogP contribution in [-0.4, -0.2) is 20.5 Å². The molecule has 1 N–H and O–H groups in total. The van der Waals surface area contributed by atoms with Crippen LogP contribution in [0.2, 0.25) is 0 Å². The standard InChI is InChI=1S/C13H15BrN2O/c1-13(2,17)9-16-8-7-12(15-16)10-3-5-11(14)6-4-10/h3-8,17H,9H2,1-2H3. The van der Waals surface area contributed by atoms with E-state index in [-0.39, 0.29) is 0 Å². The summed E-state index contributed by atoms with van der Waals surface area (Å²) in [6, 6.07) is 9.96. The lowest BCUT2D eigenvalue weighted by molar-refractivity contribution is 0.0578. The lowest BCUT2D eigenvalue weighted by Crippen LogP contribution is -2.26. The van der Waals surface area contributed by atoms with Crippen molar-refractivity contribution in [3.05, 3.63) is 41.0 Å². The van der Waals surface area contributed by atoms with E-state index in [1.807, 2.05) is 36.5 Å². The Morgan fingerprint density at radius 1 is 1.24 bits per heavy atom. The Bertz CT molecular complexity index is 497. The Labute approximate surface area is 109 Å². The van der Waals surface area contributed by atoms with E-state index in [0.717, 1.165) is 15.7 Å². The van der Waals surface area contributed by atoms with E-state index in [9.17, 15) is 5.11 Å². The lowest BCUT2D eigenvalue weighted by atomic mass is 10.1. The van der Waals surface area contributed by atoms with Crippen LogP contribution in [0.15, 0.2) is 41.0 Å². The minimum atomic E-state index is -0.747. The van der Waals surface area contributed by atoms with Gasteiger partial charge in [0.15, 0.2) is 0 Å². The molecule has 0 unspecified atom stereocenters. The molecule has 0 saturated heterocycles. The summed E-state index contributed by atoms with van der Waals surface area (Å²) >= 11 is 3.40. The number of hydrogen-bond acceptors (Lipinski definition) is 2. The summed E-state index contributed by atoms with van der Waals surface area (Å²) in [4.78, 5) is 0. The van der Waals surface area contributed by atoms with Gasteiger partial charge in [0.2, 0.25) is 0 Å². The maximum absolute atomic E-state index is 9.72. The summed E-state index contributed by atoms with van der Waals surface area (Å²) in [7, 11) is 0. The van der Waals surface area contributed by atoms with Crippen molar-refractivity contribution in [3.63, 3.8) is 0 Å². The number of nitrogens with zero attached hydrogens (tertiary/aromatic N) is 2. The Morgan fingerprint density at radius 2 is 1.88 bits per heavy atom. The highest BCUT2D eigenvalue weighted by molar-refractivity contribution is 9.10. The lowest BCUT2D eigenvalue weighted by Gasteiger charge is -2.16. The van der Waals surface area contributed by atoms with Gasteiger partial charge in [0.05, 0.1) is 17.8 Å². The second-order valence-electron chi connectivity index (χ2n) is 4.72. The topological polar surface area (TPSA) is 38.0 Å². The van der Waals surface area contributed by atoms with Gasteiger partial charge < -0.3 is 5.11 Å². The van der Waals surface area contributed by atoms with E-state index in [4.69, 9.17) is 0 Å². The van der Waals surface area contributed by atoms with Crippen LogP contribution in [0, 0.1) is 0 Å². The number of rotatable bonds is 3. The molecule has 0 spiro atoms. The molecule has 1 aromatic carbocycles. The van der Waals surface area contributed by atoms with Crippen LogP contribution in [-0.2, 0) is 6.54 Å². The first-order chi connectivity index (χ1) is 7.94. The number of aromatic nitrogens is 2. The van der Waals surface area contributed by atoms with Gasteiger partial charge in [-0.1, -0.05) is 28.1 Å². The van der Waals surface area contributed by atoms with Crippen molar-refractivity contribution < 1.29 is 5.11 Å². The summed E-state index contributed by atoms with van der Waals surface area (Å²) in [6.07, 6.45) is 1.88. The third kappa shape index (κ3) is 3.41. The molecule has 0 fully saturated rings. The van der Waals surface area contributed by atoms with E-state index in [0.29, 0.717) is 6.54 Å². The summed E-state index contributed by atoms with van der Waals surface area (Å²) in [5.41, 5.74) is 1.24. The molecule has 3 nitrogen and oxygen atoms in total. The first kappa shape index (κ1) is 12.3. The zero-order valence-corrected chi connectivity index (χ0v) is 11.5. The van der Waals surface area contributed by atoms with E-state index >= 15 is 0 Å². The van der Waals surface area contributed by atoms with Gasteiger partial charge in [-0.15, -0.1) is 0 Å². The molecule has 0 saturated carbocycles. The fraction of sp³-hybridized carbons (Fsp3) is 0.308. The Balaban J connectivity index is 2.21. The molecule has 0 aliphatic heterocycles. The SMILES string of the molecule is CC(C)(O)Cn1ccc(-c2ccc(Br)cc2)n1. The van der Waals surface area contributed by atoms with Gasteiger partial charge in [-0.05, 0) is 32.0 Å². The molecule has 2 rings (SSSR count). The highest BCUT2D eigenvalue weighted by Crippen LogP contribution is 2.20. The Morgan fingerprint density at radius 3 is 2.47 bits per heavy atom. The Hall–Kier alpha value is -1.13.